The molecule has 14 heavy (non-hydrogen) atoms. The Hall–Kier alpha value is -1.64. The second-order valence-corrected chi connectivity index (χ2v) is 3.50. The molecule has 0 bridgehead atoms. The minimum atomic E-state index is 0.795. The zero-order chi connectivity index (χ0) is 10.1. The van der Waals surface area contributed by atoms with Gasteiger partial charge < -0.3 is 0 Å². The van der Waals surface area contributed by atoms with Crippen LogP contribution in [0.25, 0.3) is 5.69 Å². The van der Waals surface area contributed by atoms with Gasteiger partial charge in [0.25, 0.3) is 0 Å². The van der Waals surface area contributed by atoms with E-state index in [2.05, 4.69) is 42.1 Å². The van der Waals surface area contributed by atoms with E-state index >= 15 is 0 Å². The van der Waals surface area contributed by atoms with Crippen LogP contribution in [0.2, 0.25) is 0 Å². The molecule has 0 aliphatic carbocycles. The van der Waals surface area contributed by atoms with Gasteiger partial charge in [-0.3, -0.25) is 0 Å². The summed E-state index contributed by atoms with van der Waals surface area (Å²) in [5.41, 5.74) is 3.63. The monoisotopic (exact) mass is 187 g/mol. The fourth-order valence-corrected chi connectivity index (χ4v) is 1.34. The molecule has 0 saturated heterocycles. The molecule has 0 fully saturated rings. The number of hydrogen-bond acceptors (Lipinski definition) is 2. The van der Waals surface area contributed by atoms with E-state index in [-0.39, 0.29) is 0 Å². The highest BCUT2D eigenvalue weighted by Gasteiger charge is 2.00. The maximum Gasteiger partial charge on any atom is 0.147 e. The molecule has 0 saturated carbocycles. The zero-order valence-electron chi connectivity index (χ0n) is 8.65. The molecule has 1 aromatic heterocycles. The van der Waals surface area contributed by atoms with Gasteiger partial charge >= 0.3 is 0 Å². The van der Waals surface area contributed by atoms with Crippen LogP contribution in [0, 0.1) is 20.8 Å². The molecular weight excluding hydrogens is 174 g/mol. The summed E-state index contributed by atoms with van der Waals surface area (Å²) < 4.78 is 1.79. The number of benzene rings is 1. The Morgan fingerprint density at radius 1 is 1.07 bits per heavy atom. The first-order valence-corrected chi connectivity index (χ1v) is 4.63. The van der Waals surface area contributed by atoms with Gasteiger partial charge in [-0.2, -0.15) is 5.10 Å². The molecule has 0 N–H and O–H groups in total. The van der Waals surface area contributed by atoms with Crippen LogP contribution in [-0.2, 0) is 0 Å². The van der Waals surface area contributed by atoms with E-state index in [1.165, 1.54) is 11.1 Å². The van der Waals surface area contributed by atoms with Crippen molar-refractivity contribution in [2.75, 3.05) is 0 Å². The minimum absolute atomic E-state index is 0.795. The van der Waals surface area contributed by atoms with Crippen LogP contribution in [-0.4, -0.2) is 14.8 Å². The molecule has 2 rings (SSSR count). The number of hydrogen-bond donors (Lipinski definition) is 0. The lowest BCUT2D eigenvalue weighted by Crippen LogP contribution is -1.96. The molecule has 3 heteroatoms. The van der Waals surface area contributed by atoms with Crippen molar-refractivity contribution in [3.05, 3.63) is 41.5 Å². The van der Waals surface area contributed by atoms with Crippen LogP contribution < -0.4 is 0 Å². The topological polar surface area (TPSA) is 30.7 Å². The van der Waals surface area contributed by atoms with Crippen LogP contribution in [0.4, 0.5) is 0 Å². The van der Waals surface area contributed by atoms with Gasteiger partial charge in [0.2, 0.25) is 0 Å². The first-order chi connectivity index (χ1) is 6.66. The summed E-state index contributed by atoms with van der Waals surface area (Å²) in [4.78, 5) is 4.10. The van der Waals surface area contributed by atoms with E-state index in [0.29, 0.717) is 0 Å². The number of aromatic nitrogens is 3. The highest BCUT2D eigenvalue weighted by Crippen LogP contribution is 2.12. The average molecular weight is 187 g/mol. The molecule has 0 atom stereocenters. The van der Waals surface area contributed by atoms with E-state index in [1.807, 2.05) is 6.92 Å². The summed E-state index contributed by atoms with van der Waals surface area (Å²) in [5.74, 6) is 0.795. The molecule has 0 radical (unpaired) electrons. The van der Waals surface area contributed by atoms with E-state index in [9.17, 15) is 0 Å². The van der Waals surface area contributed by atoms with Gasteiger partial charge in [0.15, 0.2) is 0 Å². The van der Waals surface area contributed by atoms with E-state index in [0.717, 1.165) is 11.5 Å². The Labute approximate surface area is 83.4 Å². The Bertz CT molecular complexity index is 457. The SMILES string of the molecule is Cc1ncn(-c2ccc(C)c(C)c2)n1. The second kappa shape index (κ2) is 3.25. The predicted molar refractivity (Wildman–Crippen MR) is 55.6 cm³/mol. The molecule has 72 valence electrons. The van der Waals surface area contributed by atoms with Crippen molar-refractivity contribution in [1.29, 1.82) is 0 Å². The van der Waals surface area contributed by atoms with Crippen LogP contribution in [0.5, 0.6) is 0 Å². The van der Waals surface area contributed by atoms with Crippen molar-refractivity contribution in [1.82, 2.24) is 14.8 Å². The third-order valence-electron chi connectivity index (χ3n) is 2.36. The van der Waals surface area contributed by atoms with Gasteiger partial charge in [-0.25, -0.2) is 9.67 Å². The molecule has 1 aromatic carbocycles. The Balaban J connectivity index is 2.47. The van der Waals surface area contributed by atoms with Crippen molar-refractivity contribution in [3.8, 4) is 5.69 Å². The molecule has 0 unspecified atom stereocenters. The average Bonchev–Trinajstić information content (AvgIpc) is 2.57. The van der Waals surface area contributed by atoms with Crippen molar-refractivity contribution < 1.29 is 0 Å². The van der Waals surface area contributed by atoms with E-state index < -0.39 is 0 Å². The summed E-state index contributed by atoms with van der Waals surface area (Å²) >= 11 is 0. The fraction of sp³-hybridized carbons (Fsp3) is 0.273. The Morgan fingerprint density at radius 3 is 2.43 bits per heavy atom. The van der Waals surface area contributed by atoms with Gasteiger partial charge in [0.05, 0.1) is 5.69 Å². The molecule has 0 spiro atoms. The largest absolute Gasteiger partial charge is 0.221 e. The Morgan fingerprint density at radius 2 is 1.86 bits per heavy atom. The van der Waals surface area contributed by atoms with Gasteiger partial charge in [0.1, 0.15) is 12.2 Å². The first-order valence-electron chi connectivity index (χ1n) is 4.63. The standard InChI is InChI=1S/C11H13N3/c1-8-4-5-11(6-9(8)2)14-7-12-10(3)13-14/h4-7H,1-3H3. The number of aryl methyl sites for hydroxylation is 3. The van der Waals surface area contributed by atoms with Crippen molar-refractivity contribution in [3.63, 3.8) is 0 Å². The number of rotatable bonds is 1. The lowest BCUT2D eigenvalue weighted by molar-refractivity contribution is 0.861. The lowest BCUT2D eigenvalue weighted by atomic mass is 10.1. The molecule has 3 nitrogen and oxygen atoms in total. The summed E-state index contributed by atoms with van der Waals surface area (Å²) in [6.07, 6.45) is 1.74. The third-order valence-corrected chi connectivity index (χ3v) is 2.36. The normalized spacial score (nSPS) is 10.5. The van der Waals surface area contributed by atoms with E-state index in [1.54, 1.807) is 11.0 Å². The summed E-state index contributed by atoms with van der Waals surface area (Å²) in [6.45, 7) is 6.09. The van der Waals surface area contributed by atoms with Gasteiger partial charge in [-0.15, -0.1) is 0 Å². The summed E-state index contributed by atoms with van der Waals surface area (Å²) in [6, 6.07) is 6.27. The molecule has 0 aliphatic rings. The van der Waals surface area contributed by atoms with Crippen molar-refractivity contribution >= 4 is 0 Å². The van der Waals surface area contributed by atoms with Crippen LogP contribution in [0.3, 0.4) is 0 Å². The summed E-state index contributed by atoms with van der Waals surface area (Å²) in [5, 5.41) is 4.26. The van der Waals surface area contributed by atoms with Gasteiger partial charge in [-0.05, 0) is 44.0 Å². The zero-order valence-corrected chi connectivity index (χ0v) is 8.65. The maximum absolute atomic E-state index is 4.26. The smallest absolute Gasteiger partial charge is 0.147 e. The quantitative estimate of drug-likeness (QED) is 0.685. The van der Waals surface area contributed by atoms with Crippen molar-refractivity contribution in [2.24, 2.45) is 0 Å². The van der Waals surface area contributed by atoms with Crippen molar-refractivity contribution in [2.45, 2.75) is 20.8 Å². The Kier molecular flexibility index (Phi) is 2.08. The minimum Gasteiger partial charge on any atom is -0.221 e. The van der Waals surface area contributed by atoms with Crippen LogP contribution in [0.1, 0.15) is 17.0 Å². The second-order valence-electron chi connectivity index (χ2n) is 3.50. The molecular formula is C11H13N3. The molecule has 2 aromatic rings. The van der Waals surface area contributed by atoms with Gasteiger partial charge in [-0.1, -0.05) is 6.07 Å². The highest BCUT2D eigenvalue weighted by molar-refractivity contribution is 5.38. The lowest BCUT2D eigenvalue weighted by Gasteiger charge is -2.03. The molecule has 0 amide bonds. The fourth-order valence-electron chi connectivity index (χ4n) is 1.34. The summed E-state index contributed by atoms with van der Waals surface area (Å²) in [7, 11) is 0. The maximum atomic E-state index is 4.26. The van der Waals surface area contributed by atoms with Crippen LogP contribution in [0.15, 0.2) is 24.5 Å². The van der Waals surface area contributed by atoms with E-state index in [4.69, 9.17) is 0 Å². The predicted octanol–water partition coefficient (Wildman–Crippen LogP) is 2.19. The number of nitrogens with zero attached hydrogens (tertiary/aromatic N) is 3. The van der Waals surface area contributed by atoms with Crippen LogP contribution >= 0.6 is 0 Å². The third kappa shape index (κ3) is 1.53. The molecule has 1 heterocycles. The first kappa shape index (κ1) is 8.94. The highest BCUT2D eigenvalue weighted by atomic mass is 15.3. The molecule has 0 aliphatic heterocycles. The van der Waals surface area contributed by atoms with Gasteiger partial charge in [0, 0.05) is 0 Å².